The Hall–Kier alpha value is -0.940. The van der Waals surface area contributed by atoms with Gasteiger partial charge in [-0.05, 0) is 20.3 Å². The van der Waals surface area contributed by atoms with Crippen molar-refractivity contribution in [1.82, 2.24) is 10.1 Å². The predicted octanol–water partition coefficient (Wildman–Crippen LogP) is 1.09. The van der Waals surface area contributed by atoms with Gasteiger partial charge in [0.05, 0.1) is 0 Å². The van der Waals surface area contributed by atoms with E-state index in [1.807, 2.05) is 6.92 Å². The van der Waals surface area contributed by atoms with Crippen LogP contribution in [0.5, 0.6) is 0 Å². The lowest BCUT2D eigenvalue weighted by Crippen LogP contribution is -1.97. The summed E-state index contributed by atoms with van der Waals surface area (Å²) in [5, 5.41) is 12.8. The van der Waals surface area contributed by atoms with Crippen LogP contribution in [-0.4, -0.2) is 28.5 Å². The van der Waals surface area contributed by atoms with Crippen LogP contribution in [0.1, 0.15) is 38.1 Å². The number of aryl methyl sites for hydroxylation is 1. The quantitative estimate of drug-likeness (QED) is 0.696. The maximum absolute atomic E-state index is 9.14. The standard InChI is InChI=1S/C9H16N2O3/c1-3-13-6-4-5-8-10-9(7(2)12)11-14-8/h7,12H,3-6H2,1-2H3. The molecule has 14 heavy (non-hydrogen) atoms. The van der Waals surface area contributed by atoms with Crippen molar-refractivity contribution in [3.05, 3.63) is 11.7 Å². The van der Waals surface area contributed by atoms with Gasteiger partial charge in [-0.1, -0.05) is 5.16 Å². The Labute approximate surface area is 83.1 Å². The molecule has 0 bridgehead atoms. The summed E-state index contributed by atoms with van der Waals surface area (Å²) < 4.78 is 10.1. The molecule has 1 heterocycles. The molecule has 1 N–H and O–H groups in total. The molecule has 0 aliphatic heterocycles. The van der Waals surface area contributed by atoms with Gasteiger partial charge in [0.1, 0.15) is 6.10 Å². The van der Waals surface area contributed by atoms with Crippen LogP contribution < -0.4 is 0 Å². The van der Waals surface area contributed by atoms with Gasteiger partial charge < -0.3 is 14.4 Å². The first-order chi connectivity index (χ1) is 6.74. The van der Waals surface area contributed by atoms with Gasteiger partial charge in [-0.3, -0.25) is 0 Å². The molecule has 0 fully saturated rings. The number of hydrogen-bond acceptors (Lipinski definition) is 5. The number of rotatable bonds is 6. The fraction of sp³-hybridized carbons (Fsp3) is 0.778. The van der Waals surface area contributed by atoms with Crippen molar-refractivity contribution in [1.29, 1.82) is 0 Å². The van der Waals surface area contributed by atoms with E-state index in [0.717, 1.165) is 13.0 Å². The van der Waals surface area contributed by atoms with E-state index < -0.39 is 6.10 Å². The summed E-state index contributed by atoms with van der Waals surface area (Å²) in [5.41, 5.74) is 0. The molecule has 1 unspecified atom stereocenters. The van der Waals surface area contributed by atoms with Crippen molar-refractivity contribution in [2.75, 3.05) is 13.2 Å². The topological polar surface area (TPSA) is 68.4 Å². The van der Waals surface area contributed by atoms with Gasteiger partial charge in [-0.15, -0.1) is 0 Å². The zero-order valence-corrected chi connectivity index (χ0v) is 8.56. The molecule has 0 saturated carbocycles. The molecule has 5 nitrogen and oxygen atoms in total. The largest absolute Gasteiger partial charge is 0.385 e. The smallest absolute Gasteiger partial charge is 0.226 e. The van der Waals surface area contributed by atoms with Crippen molar-refractivity contribution in [3.8, 4) is 0 Å². The minimum Gasteiger partial charge on any atom is -0.385 e. The summed E-state index contributed by atoms with van der Waals surface area (Å²) in [5.74, 6) is 0.900. The molecular weight excluding hydrogens is 184 g/mol. The molecule has 0 aliphatic carbocycles. The maximum Gasteiger partial charge on any atom is 0.226 e. The average Bonchev–Trinajstić information content (AvgIpc) is 2.61. The van der Waals surface area contributed by atoms with E-state index in [2.05, 4.69) is 10.1 Å². The normalized spacial score (nSPS) is 13.1. The van der Waals surface area contributed by atoms with E-state index in [1.165, 1.54) is 0 Å². The fourth-order valence-electron chi connectivity index (χ4n) is 1.01. The molecule has 0 aliphatic rings. The summed E-state index contributed by atoms with van der Waals surface area (Å²) in [6, 6.07) is 0. The van der Waals surface area contributed by atoms with Crippen LogP contribution in [0.2, 0.25) is 0 Å². The van der Waals surface area contributed by atoms with E-state index in [-0.39, 0.29) is 0 Å². The highest BCUT2D eigenvalue weighted by Crippen LogP contribution is 2.08. The SMILES string of the molecule is CCOCCCc1nc(C(C)O)no1. The second-order valence-electron chi connectivity index (χ2n) is 3.02. The lowest BCUT2D eigenvalue weighted by molar-refractivity contribution is 0.143. The number of ether oxygens (including phenoxy) is 1. The molecule has 1 rings (SSSR count). The molecule has 0 amide bonds. The zero-order chi connectivity index (χ0) is 10.4. The molecule has 80 valence electrons. The van der Waals surface area contributed by atoms with Crippen molar-refractivity contribution < 1.29 is 14.4 Å². The Morgan fingerprint density at radius 3 is 2.93 bits per heavy atom. The summed E-state index contributed by atoms with van der Waals surface area (Å²) in [4.78, 5) is 4.02. The van der Waals surface area contributed by atoms with Crippen LogP contribution in [0.25, 0.3) is 0 Å². The Morgan fingerprint density at radius 2 is 2.36 bits per heavy atom. The third-order valence-corrected chi connectivity index (χ3v) is 1.74. The minimum absolute atomic E-state index is 0.344. The van der Waals surface area contributed by atoms with Crippen molar-refractivity contribution in [2.45, 2.75) is 32.8 Å². The minimum atomic E-state index is -0.667. The molecular formula is C9H16N2O3. The van der Waals surface area contributed by atoms with Gasteiger partial charge in [0.25, 0.3) is 0 Å². The lowest BCUT2D eigenvalue weighted by atomic mass is 10.3. The first-order valence-electron chi connectivity index (χ1n) is 4.82. The molecule has 1 aromatic heterocycles. The third-order valence-electron chi connectivity index (χ3n) is 1.74. The first-order valence-corrected chi connectivity index (χ1v) is 4.82. The van der Waals surface area contributed by atoms with Gasteiger partial charge in [0.15, 0.2) is 5.82 Å². The van der Waals surface area contributed by atoms with Crippen LogP contribution >= 0.6 is 0 Å². The predicted molar refractivity (Wildman–Crippen MR) is 49.7 cm³/mol. The van der Waals surface area contributed by atoms with Crippen LogP contribution in [0.15, 0.2) is 4.52 Å². The summed E-state index contributed by atoms with van der Waals surface area (Å²) in [6.07, 6.45) is 0.883. The van der Waals surface area contributed by atoms with Crippen molar-refractivity contribution >= 4 is 0 Å². The fourth-order valence-corrected chi connectivity index (χ4v) is 1.01. The highest BCUT2D eigenvalue weighted by molar-refractivity contribution is 4.88. The molecule has 0 spiro atoms. The average molecular weight is 200 g/mol. The summed E-state index contributed by atoms with van der Waals surface area (Å²) in [7, 11) is 0. The van der Waals surface area contributed by atoms with Crippen molar-refractivity contribution in [2.24, 2.45) is 0 Å². The Morgan fingerprint density at radius 1 is 1.57 bits per heavy atom. The van der Waals surface area contributed by atoms with E-state index in [9.17, 15) is 0 Å². The van der Waals surface area contributed by atoms with Crippen LogP contribution in [-0.2, 0) is 11.2 Å². The van der Waals surface area contributed by atoms with Gasteiger partial charge in [0.2, 0.25) is 5.89 Å². The van der Waals surface area contributed by atoms with E-state index in [4.69, 9.17) is 14.4 Å². The Balaban J connectivity index is 2.29. The van der Waals surface area contributed by atoms with E-state index in [0.29, 0.717) is 24.7 Å². The summed E-state index contributed by atoms with van der Waals surface area (Å²) in [6.45, 7) is 4.98. The van der Waals surface area contributed by atoms with E-state index >= 15 is 0 Å². The zero-order valence-electron chi connectivity index (χ0n) is 8.56. The number of hydrogen-bond donors (Lipinski definition) is 1. The van der Waals surface area contributed by atoms with Gasteiger partial charge in [-0.2, -0.15) is 4.98 Å². The van der Waals surface area contributed by atoms with Crippen LogP contribution in [0, 0.1) is 0 Å². The second-order valence-corrected chi connectivity index (χ2v) is 3.02. The number of aromatic nitrogens is 2. The molecule has 1 atom stereocenters. The van der Waals surface area contributed by atoms with Gasteiger partial charge in [-0.25, -0.2) is 0 Å². The summed E-state index contributed by atoms with van der Waals surface area (Å²) >= 11 is 0. The monoisotopic (exact) mass is 200 g/mol. The molecule has 1 aromatic rings. The first kappa shape index (κ1) is 11.1. The van der Waals surface area contributed by atoms with Crippen LogP contribution in [0.3, 0.4) is 0 Å². The second kappa shape index (κ2) is 5.72. The maximum atomic E-state index is 9.14. The Bertz CT molecular complexity index is 260. The van der Waals surface area contributed by atoms with Crippen molar-refractivity contribution in [3.63, 3.8) is 0 Å². The third kappa shape index (κ3) is 3.43. The van der Waals surface area contributed by atoms with E-state index in [1.54, 1.807) is 6.92 Å². The highest BCUT2D eigenvalue weighted by atomic mass is 16.5. The molecule has 5 heteroatoms. The molecule has 0 radical (unpaired) electrons. The molecule has 0 aromatic carbocycles. The van der Waals surface area contributed by atoms with Gasteiger partial charge in [0, 0.05) is 19.6 Å². The Kier molecular flexibility index (Phi) is 4.55. The lowest BCUT2D eigenvalue weighted by Gasteiger charge is -1.97. The number of aliphatic hydroxyl groups is 1. The van der Waals surface area contributed by atoms with Gasteiger partial charge >= 0.3 is 0 Å². The van der Waals surface area contributed by atoms with Crippen LogP contribution in [0.4, 0.5) is 0 Å². The molecule has 0 saturated heterocycles. The highest BCUT2D eigenvalue weighted by Gasteiger charge is 2.09. The number of aliphatic hydroxyl groups excluding tert-OH is 1. The number of nitrogens with zero attached hydrogens (tertiary/aromatic N) is 2.